The van der Waals surface area contributed by atoms with Gasteiger partial charge in [-0.25, -0.2) is 9.78 Å². The molecule has 4 heterocycles. The second kappa shape index (κ2) is 7.89. The number of hydrogen-bond donors (Lipinski definition) is 1. The second-order valence-corrected chi connectivity index (χ2v) is 9.12. The van der Waals surface area contributed by atoms with Crippen molar-refractivity contribution in [2.75, 3.05) is 6.54 Å². The van der Waals surface area contributed by atoms with E-state index in [1.165, 1.54) is 10.4 Å². The highest BCUT2D eigenvalue weighted by Crippen LogP contribution is 2.34. The summed E-state index contributed by atoms with van der Waals surface area (Å²) < 4.78 is 1.67. The van der Waals surface area contributed by atoms with E-state index in [-0.39, 0.29) is 5.69 Å². The molecule has 6 heteroatoms. The number of fused-ring (bicyclic) bond motifs is 3. The fourth-order valence-electron chi connectivity index (χ4n) is 4.56. The normalized spacial score (nSPS) is 14.0. The van der Waals surface area contributed by atoms with Crippen molar-refractivity contribution in [3.05, 3.63) is 106 Å². The number of thiophene rings is 1. The van der Waals surface area contributed by atoms with E-state index in [0.717, 1.165) is 59.8 Å². The van der Waals surface area contributed by atoms with Crippen molar-refractivity contribution < 1.29 is 0 Å². The SMILES string of the molecule is O=c1[nH]c2c(c3nc(-c4ccccc4-c4cccs4)cn13)CN(Cc1ccccc1)CC2. The lowest BCUT2D eigenvalue weighted by atomic mass is 10.0. The fourth-order valence-corrected chi connectivity index (χ4v) is 5.33. The van der Waals surface area contributed by atoms with Crippen LogP contribution in [0.4, 0.5) is 0 Å². The highest BCUT2D eigenvalue weighted by Gasteiger charge is 2.23. The van der Waals surface area contributed by atoms with E-state index in [4.69, 9.17) is 4.98 Å². The maximum Gasteiger partial charge on any atom is 0.331 e. The average molecular weight is 439 g/mol. The Morgan fingerprint density at radius 3 is 2.59 bits per heavy atom. The van der Waals surface area contributed by atoms with Gasteiger partial charge in [-0.05, 0) is 17.0 Å². The first-order valence-electron chi connectivity index (χ1n) is 10.8. The van der Waals surface area contributed by atoms with Gasteiger partial charge in [0.1, 0.15) is 5.65 Å². The number of nitrogens with one attached hydrogen (secondary N) is 1. The molecule has 0 atom stereocenters. The molecule has 0 spiro atoms. The molecular formula is C26H22N4OS. The Balaban J connectivity index is 1.43. The molecule has 2 aromatic carbocycles. The number of rotatable bonds is 4. The van der Waals surface area contributed by atoms with Crippen LogP contribution in [0, 0.1) is 0 Å². The standard InChI is InChI=1S/C26H22N4OS/c31-26-28-22-12-13-29(15-18-7-2-1-3-8-18)16-21(22)25-27-23(17-30(25)26)19-9-4-5-10-20(19)24-11-6-14-32-24/h1-11,14,17H,12-13,15-16H2,(H,28,31). The van der Waals surface area contributed by atoms with Gasteiger partial charge in [-0.2, -0.15) is 0 Å². The molecule has 1 N–H and O–H groups in total. The highest BCUT2D eigenvalue weighted by molar-refractivity contribution is 7.13. The smallest absolute Gasteiger partial charge is 0.310 e. The molecule has 32 heavy (non-hydrogen) atoms. The van der Waals surface area contributed by atoms with Gasteiger partial charge in [0.05, 0.1) is 5.69 Å². The predicted octanol–water partition coefficient (Wildman–Crippen LogP) is 4.98. The van der Waals surface area contributed by atoms with Crippen LogP contribution >= 0.6 is 11.3 Å². The van der Waals surface area contributed by atoms with Crippen molar-refractivity contribution in [3.63, 3.8) is 0 Å². The Bertz CT molecular complexity index is 1450. The summed E-state index contributed by atoms with van der Waals surface area (Å²) in [6.45, 7) is 2.58. The summed E-state index contributed by atoms with van der Waals surface area (Å²) in [5.41, 5.74) is 7.08. The molecule has 158 valence electrons. The summed E-state index contributed by atoms with van der Waals surface area (Å²) in [4.78, 5) is 24.5. The van der Waals surface area contributed by atoms with Crippen molar-refractivity contribution in [1.82, 2.24) is 19.3 Å². The number of aromatic nitrogens is 3. The third kappa shape index (κ3) is 3.38. The maximum atomic E-state index is 12.8. The topological polar surface area (TPSA) is 53.4 Å². The first-order chi connectivity index (χ1) is 15.8. The molecule has 0 amide bonds. The third-order valence-electron chi connectivity index (χ3n) is 6.12. The summed E-state index contributed by atoms with van der Waals surface area (Å²) in [5.74, 6) is 0. The van der Waals surface area contributed by atoms with Crippen LogP contribution in [0.15, 0.2) is 83.1 Å². The molecule has 0 fully saturated rings. The zero-order valence-electron chi connectivity index (χ0n) is 17.5. The third-order valence-corrected chi connectivity index (χ3v) is 7.02. The molecule has 5 nitrogen and oxygen atoms in total. The van der Waals surface area contributed by atoms with Gasteiger partial charge in [-0.3, -0.25) is 9.30 Å². The van der Waals surface area contributed by atoms with Gasteiger partial charge >= 0.3 is 5.69 Å². The van der Waals surface area contributed by atoms with E-state index in [1.807, 2.05) is 24.4 Å². The van der Waals surface area contributed by atoms with Gasteiger partial charge in [0.15, 0.2) is 0 Å². The Labute approximate surface area is 189 Å². The zero-order chi connectivity index (χ0) is 21.5. The van der Waals surface area contributed by atoms with E-state index in [2.05, 4.69) is 63.8 Å². The Morgan fingerprint density at radius 1 is 0.969 bits per heavy atom. The molecule has 5 aromatic rings. The maximum absolute atomic E-state index is 12.8. The minimum atomic E-state index is -0.123. The van der Waals surface area contributed by atoms with Crippen LogP contribution in [0.1, 0.15) is 16.8 Å². The van der Waals surface area contributed by atoms with Crippen molar-refractivity contribution >= 4 is 17.0 Å². The summed E-state index contributed by atoms with van der Waals surface area (Å²) in [5, 5.41) is 2.08. The summed E-state index contributed by atoms with van der Waals surface area (Å²) in [6, 6.07) is 23.0. The summed E-state index contributed by atoms with van der Waals surface area (Å²) in [7, 11) is 0. The first kappa shape index (κ1) is 19.2. The molecule has 1 aliphatic rings. The van der Waals surface area contributed by atoms with Crippen molar-refractivity contribution in [3.8, 4) is 21.7 Å². The minimum Gasteiger partial charge on any atom is -0.310 e. The lowest BCUT2D eigenvalue weighted by Gasteiger charge is -2.28. The monoisotopic (exact) mass is 438 g/mol. The highest BCUT2D eigenvalue weighted by atomic mass is 32.1. The number of H-pyrrole nitrogens is 1. The molecule has 0 saturated heterocycles. The summed E-state index contributed by atoms with van der Waals surface area (Å²) >= 11 is 1.71. The number of aromatic amines is 1. The molecular weight excluding hydrogens is 416 g/mol. The van der Waals surface area contributed by atoms with E-state index < -0.39 is 0 Å². The molecule has 0 aliphatic carbocycles. The van der Waals surface area contributed by atoms with E-state index >= 15 is 0 Å². The minimum absolute atomic E-state index is 0.123. The van der Waals surface area contributed by atoms with Crippen LogP contribution in [0.3, 0.4) is 0 Å². The molecule has 0 radical (unpaired) electrons. The number of hydrogen-bond acceptors (Lipinski definition) is 4. The van der Waals surface area contributed by atoms with Crippen LogP contribution in [0.5, 0.6) is 0 Å². The van der Waals surface area contributed by atoms with Gasteiger partial charge in [-0.1, -0.05) is 60.7 Å². The van der Waals surface area contributed by atoms with E-state index in [9.17, 15) is 4.79 Å². The van der Waals surface area contributed by atoms with Gasteiger partial charge < -0.3 is 4.98 Å². The Hall–Kier alpha value is -3.48. The second-order valence-electron chi connectivity index (χ2n) is 8.18. The number of nitrogens with zero attached hydrogens (tertiary/aromatic N) is 3. The molecule has 0 bridgehead atoms. The van der Waals surface area contributed by atoms with E-state index in [1.54, 1.807) is 15.7 Å². The van der Waals surface area contributed by atoms with Gasteiger partial charge in [0, 0.05) is 59.5 Å². The fraction of sp³-hybridized carbons (Fsp3) is 0.154. The van der Waals surface area contributed by atoms with Gasteiger partial charge in [0.25, 0.3) is 0 Å². The van der Waals surface area contributed by atoms with Crippen molar-refractivity contribution in [2.24, 2.45) is 0 Å². The molecule has 3 aromatic heterocycles. The van der Waals surface area contributed by atoms with Crippen LogP contribution in [-0.4, -0.2) is 25.8 Å². The average Bonchev–Trinajstić information content (AvgIpc) is 3.51. The molecule has 1 aliphatic heterocycles. The molecule has 0 unspecified atom stereocenters. The lowest BCUT2D eigenvalue weighted by Crippen LogP contribution is -2.33. The van der Waals surface area contributed by atoms with Gasteiger partial charge in [-0.15, -0.1) is 11.3 Å². The van der Waals surface area contributed by atoms with Crippen LogP contribution in [0.2, 0.25) is 0 Å². The Morgan fingerprint density at radius 2 is 1.78 bits per heavy atom. The Kier molecular flexibility index (Phi) is 4.74. The quantitative estimate of drug-likeness (QED) is 0.431. The largest absolute Gasteiger partial charge is 0.331 e. The lowest BCUT2D eigenvalue weighted by molar-refractivity contribution is 0.243. The van der Waals surface area contributed by atoms with Crippen molar-refractivity contribution in [2.45, 2.75) is 19.5 Å². The molecule has 0 saturated carbocycles. The predicted molar refractivity (Wildman–Crippen MR) is 129 cm³/mol. The summed E-state index contributed by atoms with van der Waals surface area (Å²) in [6.07, 6.45) is 2.69. The van der Waals surface area contributed by atoms with Gasteiger partial charge in [0.2, 0.25) is 0 Å². The van der Waals surface area contributed by atoms with Crippen molar-refractivity contribution in [1.29, 1.82) is 0 Å². The van der Waals surface area contributed by atoms with Crippen LogP contribution in [0.25, 0.3) is 27.3 Å². The molecule has 6 rings (SSSR count). The zero-order valence-corrected chi connectivity index (χ0v) is 18.3. The number of imidazole rings is 1. The van der Waals surface area contributed by atoms with Crippen LogP contribution < -0.4 is 5.69 Å². The number of benzene rings is 2. The van der Waals surface area contributed by atoms with Crippen LogP contribution in [-0.2, 0) is 19.5 Å². The van der Waals surface area contributed by atoms with E-state index in [0.29, 0.717) is 0 Å². The first-order valence-corrected chi connectivity index (χ1v) is 11.7.